The first-order valence-electron chi connectivity index (χ1n) is 10.8. The molecule has 3 saturated heterocycles. The van der Waals surface area contributed by atoms with E-state index in [9.17, 15) is 0 Å². The van der Waals surface area contributed by atoms with Crippen LogP contribution in [0.1, 0.15) is 37.9 Å². The summed E-state index contributed by atoms with van der Waals surface area (Å²) in [5.74, 6) is 2.85. The molecule has 0 bridgehead atoms. The molecule has 7 heteroatoms. The molecule has 2 unspecified atom stereocenters. The maximum absolute atomic E-state index is 5.76. The second kappa shape index (κ2) is 11.4. The van der Waals surface area contributed by atoms with Crippen molar-refractivity contribution in [3.8, 4) is 0 Å². The second-order valence-electron chi connectivity index (χ2n) is 8.16. The molecule has 0 amide bonds. The van der Waals surface area contributed by atoms with E-state index in [1.54, 1.807) is 6.26 Å². The number of halogens is 1. The fraction of sp³-hybridized carbons (Fsp3) is 0.762. The highest BCUT2D eigenvalue weighted by Gasteiger charge is 2.27. The first kappa shape index (κ1) is 21.9. The van der Waals surface area contributed by atoms with Crippen LogP contribution in [0.3, 0.4) is 0 Å². The standard InChI is InChI=1S/C21H34N4O2.HI/c1-2-11-24(10-1)16-18-8-12-25(17-18)21(23-15-20-6-4-14-27-20)22-9-7-19-5-3-13-26-19;/h3,5,13,18,20H,1-2,4,6-12,14-17H2,(H,22,23);1H. The minimum absolute atomic E-state index is 0. The Morgan fingerprint density at radius 3 is 2.82 bits per heavy atom. The molecule has 1 N–H and O–H groups in total. The summed E-state index contributed by atoms with van der Waals surface area (Å²) in [6.07, 6.45) is 9.26. The summed E-state index contributed by atoms with van der Waals surface area (Å²) in [6.45, 7) is 8.58. The van der Waals surface area contributed by atoms with Crippen LogP contribution < -0.4 is 5.32 Å². The van der Waals surface area contributed by atoms with E-state index < -0.39 is 0 Å². The summed E-state index contributed by atoms with van der Waals surface area (Å²) in [5.41, 5.74) is 0. The van der Waals surface area contributed by atoms with Crippen molar-refractivity contribution in [3.05, 3.63) is 24.2 Å². The van der Waals surface area contributed by atoms with Crippen LogP contribution in [0.25, 0.3) is 0 Å². The number of furan rings is 1. The summed E-state index contributed by atoms with van der Waals surface area (Å²) in [4.78, 5) is 10.0. The van der Waals surface area contributed by atoms with Gasteiger partial charge >= 0.3 is 0 Å². The number of aliphatic imine (C=N–C) groups is 1. The number of hydrogen-bond donors (Lipinski definition) is 1. The molecule has 2 atom stereocenters. The topological polar surface area (TPSA) is 53.2 Å². The average molecular weight is 502 g/mol. The van der Waals surface area contributed by atoms with Gasteiger partial charge in [0.2, 0.25) is 0 Å². The van der Waals surface area contributed by atoms with Gasteiger partial charge in [0, 0.05) is 39.2 Å². The third-order valence-corrected chi connectivity index (χ3v) is 6.00. The van der Waals surface area contributed by atoms with E-state index in [1.807, 2.05) is 12.1 Å². The number of nitrogens with zero attached hydrogens (tertiary/aromatic N) is 3. The van der Waals surface area contributed by atoms with Crippen LogP contribution in [0, 0.1) is 5.92 Å². The number of guanidine groups is 1. The highest BCUT2D eigenvalue weighted by molar-refractivity contribution is 14.0. The zero-order valence-corrected chi connectivity index (χ0v) is 19.2. The summed E-state index contributed by atoms with van der Waals surface area (Å²) in [5, 5.41) is 3.58. The van der Waals surface area contributed by atoms with Crippen LogP contribution in [0.4, 0.5) is 0 Å². The van der Waals surface area contributed by atoms with E-state index in [2.05, 4.69) is 15.1 Å². The number of nitrogens with one attached hydrogen (secondary N) is 1. The molecule has 0 radical (unpaired) electrons. The van der Waals surface area contributed by atoms with Gasteiger partial charge in [-0.3, -0.25) is 4.99 Å². The van der Waals surface area contributed by atoms with Crippen LogP contribution in [0.2, 0.25) is 0 Å². The number of likely N-dealkylation sites (tertiary alicyclic amines) is 2. The van der Waals surface area contributed by atoms with Crippen molar-refractivity contribution in [3.63, 3.8) is 0 Å². The quantitative estimate of drug-likeness (QED) is 0.353. The highest BCUT2D eigenvalue weighted by Crippen LogP contribution is 2.20. The Morgan fingerprint density at radius 2 is 2.07 bits per heavy atom. The SMILES string of the molecule is I.c1coc(CCNC(=NCC2CCCO2)N2CCC(CN3CCCC3)C2)c1. The second-order valence-corrected chi connectivity index (χ2v) is 8.16. The Bertz CT molecular complexity index is 583. The van der Waals surface area contributed by atoms with Gasteiger partial charge in [-0.2, -0.15) is 0 Å². The van der Waals surface area contributed by atoms with Gasteiger partial charge in [0.15, 0.2) is 5.96 Å². The molecule has 3 aliphatic heterocycles. The van der Waals surface area contributed by atoms with Gasteiger partial charge in [0.05, 0.1) is 18.9 Å². The van der Waals surface area contributed by atoms with Gasteiger partial charge in [0.25, 0.3) is 0 Å². The molecule has 1 aromatic rings. The maximum Gasteiger partial charge on any atom is 0.194 e. The van der Waals surface area contributed by atoms with E-state index in [1.165, 1.54) is 45.3 Å². The summed E-state index contributed by atoms with van der Waals surface area (Å²) in [6, 6.07) is 3.98. The van der Waals surface area contributed by atoms with Crippen molar-refractivity contribution in [1.29, 1.82) is 0 Å². The normalized spacial score (nSPS) is 26.0. The molecule has 0 saturated carbocycles. The molecule has 4 rings (SSSR count). The van der Waals surface area contributed by atoms with E-state index >= 15 is 0 Å². The Balaban J connectivity index is 0.00000225. The fourth-order valence-corrected chi connectivity index (χ4v) is 4.50. The first-order chi connectivity index (χ1) is 13.4. The average Bonchev–Trinajstić information content (AvgIpc) is 3.47. The summed E-state index contributed by atoms with van der Waals surface area (Å²) in [7, 11) is 0. The van der Waals surface area contributed by atoms with Gasteiger partial charge in [-0.15, -0.1) is 24.0 Å². The van der Waals surface area contributed by atoms with Crippen LogP contribution in [0.15, 0.2) is 27.8 Å². The predicted octanol–water partition coefficient (Wildman–Crippen LogP) is 2.98. The van der Waals surface area contributed by atoms with Gasteiger partial charge in [-0.05, 0) is 63.2 Å². The molecule has 3 fully saturated rings. The van der Waals surface area contributed by atoms with Crippen molar-refractivity contribution >= 4 is 29.9 Å². The minimum atomic E-state index is 0. The van der Waals surface area contributed by atoms with Crippen LogP contribution in [-0.2, 0) is 11.2 Å². The summed E-state index contributed by atoms with van der Waals surface area (Å²) < 4.78 is 11.2. The fourth-order valence-electron chi connectivity index (χ4n) is 4.50. The van der Waals surface area contributed by atoms with Crippen molar-refractivity contribution in [1.82, 2.24) is 15.1 Å². The molecule has 1 aromatic heterocycles. The van der Waals surface area contributed by atoms with Gasteiger partial charge in [0.1, 0.15) is 5.76 Å². The number of ether oxygens (including phenoxy) is 1. The third-order valence-electron chi connectivity index (χ3n) is 6.00. The number of rotatable bonds is 7. The monoisotopic (exact) mass is 502 g/mol. The zero-order chi connectivity index (χ0) is 18.3. The molecule has 0 aromatic carbocycles. The molecule has 0 aliphatic carbocycles. The zero-order valence-electron chi connectivity index (χ0n) is 16.9. The van der Waals surface area contributed by atoms with Crippen LogP contribution in [0.5, 0.6) is 0 Å². The Hall–Kier alpha value is -0.800. The molecule has 158 valence electrons. The Morgan fingerprint density at radius 1 is 1.18 bits per heavy atom. The van der Waals surface area contributed by atoms with Gasteiger partial charge < -0.3 is 24.3 Å². The van der Waals surface area contributed by atoms with E-state index in [4.69, 9.17) is 14.1 Å². The van der Waals surface area contributed by atoms with E-state index in [0.29, 0.717) is 6.10 Å². The Labute approximate surface area is 186 Å². The Kier molecular flexibility index (Phi) is 8.92. The lowest BCUT2D eigenvalue weighted by Crippen LogP contribution is -2.42. The highest BCUT2D eigenvalue weighted by atomic mass is 127. The lowest BCUT2D eigenvalue weighted by molar-refractivity contribution is 0.117. The third kappa shape index (κ3) is 6.35. The smallest absolute Gasteiger partial charge is 0.194 e. The minimum Gasteiger partial charge on any atom is -0.469 e. The molecule has 28 heavy (non-hydrogen) atoms. The molecule has 3 aliphatic rings. The molecular formula is C21H35IN4O2. The van der Waals surface area contributed by atoms with Crippen LogP contribution >= 0.6 is 24.0 Å². The van der Waals surface area contributed by atoms with Crippen molar-refractivity contribution in [2.45, 2.75) is 44.6 Å². The van der Waals surface area contributed by atoms with Gasteiger partial charge in [-0.1, -0.05) is 0 Å². The molecule has 6 nitrogen and oxygen atoms in total. The maximum atomic E-state index is 5.76. The predicted molar refractivity (Wildman–Crippen MR) is 122 cm³/mol. The molecule has 0 spiro atoms. The lowest BCUT2D eigenvalue weighted by Gasteiger charge is -2.24. The van der Waals surface area contributed by atoms with Crippen molar-refractivity contribution < 1.29 is 9.15 Å². The number of hydrogen-bond acceptors (Lipinski definition) is 4. The summed E-state index contributed by atoms with van der Waals surface area (Å²) >= 11 is 0. The van der Waals surface area contributed by atoms with E-state index in [0.717, 1.165) is 63.3 Å². The van der Waals surface area contributed by atoms with Crippen LogP contribution in [-0.4, -0.2) is 74.3 Å². The molecule has 4 heterocycles. The van der Waals surface area contributed by atoms with Crippen molar-refractivity contribution in [2.75, 3.05) is 52.4 Å². The lowest BCUT2D eigenvalue weighted by atomic mass is 10.1. The molecular weight excluding hydrogens is 467 g/mol. The van der Waals surface area contributed by atoms with Gasteiger partial charge in [-0.25, -0.2) is 0 Å². The first-order valence-corrected chi connectivity index (χ1v) is 10.8. The van der Waals surface area contributed by atoms with Crippen molar-refractivity contribution in [2.24, 2.45) is 10.9 Å². The van der Waals surface area contributed by atoms with E-state index in [-0.39, 0.29) is 24.0 Å². The largest absolute Gasteiger partial charge is 0.469 e.